The highest BCUT2D eigenvalue weighted by Gasteiger charge is 2.28. The van der Waals surface area contributed by atoms with E-state index in [9.17, 15) is 4.79 Å². The first kappa shape index (κ1) is 15.6. The number of nitrogens with zero attached hydrogens (tertiary/aromatic N) is 1. The number of carbonyl (C=O) groups is 1. The second-order valence-electron chi connectivity index (χ2n) is 5.95. The molecule has 0 unspecified atom stereocenters. The van der Waals surface area contributed by atoms with E-state index in [0.717, 1.165) is 16.9 Å². The Hall–Kier alpha value is -1.81. The molecular weight excluding hydrogens is 266 g/mol. The van der Waals surface area contributed by atoms with Crippen LogP contribution in [0.2, 0.25) is 0 Å². The molecule has 1 amide bonds. The van der Waals surface area contributed by atoms with Gasteiger partial charge in [-0.15, -0.1) is 0 Å². The van der Waals surface area contributed by atoms with Crippen molar-refractivity contribution in [3.05, 3.63) is 35.4 Å². The topological polar surface area (TPSA) is 38.8 Å². The Kier molecular flexibility index (Phi) is 4.68. The predicted molar refractivity (Wildman–Crippen MR) is 83.4 cm³/mol. The van der Waals surface area contributed by atoms with Gasteiger partial charge in [0, 0.05) is 24.7 Å². The number of amides is 1. The second-order valence-corrected chi connectivity index (χ2v) is 5.95. The third kappa shape index (κ3) is 4.08. The molecule has 114 valence electrons. The fourth-order valence-corrected chi connectivity index (χ4v) is 2.46. The molecule has 0 atom stereocenters. The van der Waals surface area contributed by atoms with Crippen LogP contribution in [0.5, 0.6) is 5.75 Å². The number of hydrogen-bond donors (Lipinski definition) is 0. The van der Waals surface area contributed by atoms with Gasteiger partial charge in [0.1, 0.15) is 5.75 Å². The zero-order chi connectivity index (χ0) is 15.5. The van der Waals surface area contributed by atoms with Crippen LogP contribution in [0.4, 0.5) is 0 Å². The summed E-state index contributed by atoms with van der Waals surface area (Å²) in [6.07, 6.45) is 3.43. The number of aryl methyl sites for hydroxylation is 1. The molecule has 21 heavy (non-hydrogen) atoms. The molecular formula is C17H23NO3. The van der Waals surface area contributed by atoms with E-state index >= 15 is 0 Å². The first-order valence-electron chi connectivity index (χ1n) is 7.17. The SMILES string of the molecule is COc1ccc(C)cc1/C=C/C(=O)N1CCOC(C)(C)C1. The number of benzene rings is 1. The lowest BCUT2D eigenvalue weighted by Gasteiger charge is -2.37. The average Bonchev–Trinajstić information content (AvgIpc) is 2.43. The summed E-state index contributed by atoms with van der Waals surface area (Å²) in [4.78, 5) is 14.1. The zero-order valence-corrected chi connectivity index (χ0v) is 13.2. The quantitative estimate of drug-likeness (QED) is 0.803. The summed E-state index contributed by atoms with van der Waals surface area (Å²) in [5.41, 5.74) is 1.77. The summed E-state index contributed by atoms with van der Waals surface area (Å²) in [5, 5.41) is 0. The highest BCUT2D eigenvalue weighted by atomic mass is 16.5. The normalized spacial score (nSPS) is 18.0. The Labute approximate surface area is 126 Å². The van der Waals surface area contributed by atoms with Gasteiger partial charge in [-0.05, 0) is 39.0 Å². The van der Waals surface area contributed by atoms with E-state index in [0.29, 0.717) is 19.7 Å². The third-order valence-corrected chi connectivity index (χ3v) is 3.53. The van der Waals surface area contributed by atoms with E-state index in [4.69, 9.17) is 9.47 Å². The zero-order valence-electron chi connectivity index (χ0n) is 13.2. The molecule has 1 fully saturated rings. The van der Waals surface area contributed by atoms with Crippen molar-refractivity contribution in [1.82, 2.24) is 4.90 Å². The minimum absolute atomic E-state index is 0.00920. The molecule has 0 N–H and O–H groups in total. The molecule has 0 aliphatic carbocycles. The predicted octanol–water partition coefficient (Wildman–Crippen LogP) is 2.65. The van der Waals surface area contributed by atoms with E-state index in [1.54, 1.807) is 13.2 Å². The molecule has 0 spiro atoms. The molecule has 1 aliphatic heterocycles. The summed E-state index contributed by atoms with van der Waals surface area (Å²) in [5.74, 6) is 0.780. The molecule has 0 bridgehead atoms. The van der Waals surface area contributed by atoms with Gasteiger partial charge in [-0.2, -0.15) is 0 Å². The van der Waals surface area contributed by atoms with Gasteiger partial charge in [0.15, 0.2) is 0 Å². The van der Waals surface area contributed by atoms with Crippen molar-refractivity contribution in [3.63, 3.8) is 0 Å². The Morgan fingerprint density at radius 2 is 2.19 bits per heavy atom. The lowest BCUT2D eigenvalue weighted by molar-refractivity contribution is -0.140. The van der Waals surface area contributed by atoms with Crippen molar-refractivity contribution in [2.45, 2.75) is 26.4 Å². The number of methoxy groups -OCH3 is 1. The van der Waals surface area contributed by atoms with Crippen molar-refractivity contribution in [1.29, 1.82) is 0 Å². The van der Waals surface area contributed by atoms with Gasteiger partial charge in [0.05, 0.1) is 19.3 Å². The minimum atomic E-state index is -0.275. The van der Waals surface area contributed by atoms with Gasteiger partial charge in [0.25, 0.3) is 0 Å². The van der Waals surface area contributed by atoms with E-state index in [1.807, 2.05) is 49.9 Å². The van der Waals surface area contributed by atoms with Gasteiger partial charge in [-0.1, -0.05) is 11.6 Å². The number of morpholine rings is 1. The Bertz CT molecular complexity index is 549. The van der Waals surface area contributed by atoms with Crippen LogP contribution in [0.25, 0.3) is 6.08 Å². The molecule has 1 aliphatic rings. The van der Waals surface area contributed by atoms with Crippen LogP contribution in [0, 0.1) is 6.92 Å². The smallest absolute Gasteiger partial charge is 0.246 e. The van der Waals surface area contributed by atoms with Crippen LogP contribution < -0.4 is 4.74 Å². The molecule has 1 aromatic carbocycles. The van der Waals surface area contributed by atoms with Crippen LogP contribution in [-0.4, -0.2) is 43.2 Å². The summed E-state index contributed by atoms with van der Waals surface area (Å²) in [6, 6.07) is 5.91. The van der Waals surface area contributed by atoms with Crippen molar-refractivity contribution in [2.24, 2.45) is 0 Å². The van der Waals surface area contributed by atoms with Crippen molar-refractivity contribution < 1.29 is 14.3 Å². The fraction of sp³-hybridized carbons (Fsp3) is 0.471. The highest BCUT2D eigenvalue weighted by molar-refractivity contribution is 5.92. The standard InChI is InChI=1S/C17H23NO3/c1-13-5-7-15(20-4)14(11-13)6-8-16(19)18-9-10-21-17(2,3)12-18/h5-8,11H,9-10,12H2,1-4H3/b8-6+. The van der Waals surface area contributed by atoms with E-state index in [2.05, 4.69) is 0 Å². The summed E-state index contributed by atoms with van der Waals surface area (Å²) < 4.78 is 10.9. The molecule has 0 aromatic heterocycles. The number of hydrogen-bond acceptors (Lipinski definition) is 3. The lowest BCUT2D eigenvalue weighted by Crippen LogP contribution is -2.50. The van der Waals surface area contributed by atoms with Crippen LogP contribution in [0.15, 0.2) is 24.3 Å². The average molecular weight is 289 g/mol. The summed E-state index contributed by atoms with van der Waals surface area (Å²) >= 11 is 0. The number of ether oxygens (including phenoxy) is 2. The Balaban J connectivity index is 2.10. The summed E-state index contributed by atoms with van der Waals surface area (Å²) in [6.45, 7) is 7.85. The Morgan fingerprint density at radius 1 is 1.43 bits per heavy atom. The van der Waals surface area contributed by atoms with Gasteiger partial charge in [-0.3, -0.25) is 4.79 Å². The van der Waals surface area contributed by atoms with E-state index in [-0.39, 0.29) is 11.5 Å². The van der Waals surface area contributed by atoms with Crippen LogP contribution >= 0.6 is 0 Å². The van der Waals surface area contributed by atoms with Crippen molar-refractivity contribution in [2.75, 3.05) is 26.8 Å². The van der Waals surface area contributed by atoms with Gasteiger partial charge in [0.2, 0.25) is 5.91 Å². The minimum Gasteiger partial charge on any atom is -0.496 e. The molecule has 2 rings (SSSR count). The second kappa shape index (κ2) is 6.31. The molecule has 0 radical (unpaired) electrons. The van der Waals surface area contributed by atoms with Gasteiger partial charge < -0.3 is 14.4 Å². The highest BCUT2D eigenvalue weighted by Crippen LogP contribution is 2.22. The molecule has 4 nitrogen and oxygen atoms in total. The van der Waals surface area contributed by atoms with Crippen LogP contribution in [-0.2, 0) is 9.53 Å². The molecule has 1 saturated heterocycles. The van der Waals surface area contributed by atoms with Crippen LogP contribution in [0.3, 0.4) is 0 Å². The largest absolute Gasteiger partial charge is 0.496 e. The maximum atomic E-state index is 12.3. The first-order valence-corrected chi connectivity index (χ1v) is 7.17. The maximum absolute atomic E-state index is 12.3. The lowest BCUT2D eigenvalue weighted by atomic mass is 10.1. The van der Waals surface area contributed by atoms with Gasteiger partial charge >= 0.3 is 0 Å². The van der Waals surface area contributed by atoms with E-state index in [1.165, 1.54) is 0 Å². The van der Waals surface area contributed by atoms with E-state index < -0.39 is 0 Å². The van der Waals surface area contributed by atoms with Crippen LogP contribution in [0.1, 0.15) is 25.0 Å². The molecule has 1 aromatic rings. The number of carbonyl (C=O) groups excluding carboxylic acids is 1. The molecule has 4 heteroatoms. The molecule has 1 heterocycles. The monoisotopic (exact) mass is 289 g/mol. The summed E-state index contributed by atoms with van der Waals surface area (Å²) in [7, 11) is 1.63. The van der Waals surface area contributed by atoms with Crippen molar-refractivity contribution >= 4 is 12.0 Å². The first-order chi connectivity index (χ1) is 9.91. The number of rotatable bonds is 3. The Morgan fingerprint density at radius 3 is 2.86 bits per heavy atom. The molecule has 0 saturated carbocycles. The van der Waals surface area contributed by atoms with Gasteiger partial charge in [-0.25, -0.2) is 0 Å². The fourth-order valence-electron chi connectivity index (χ4n) is 2.46. The third-order valence-electron chi connectivity index (χ3n) is 3.53. The maximum Gasteiger partial charge on any atom is 0.246 e. The van der Waals surface area contributed by atoms with Crippen molar-refractivity contribution in [3.8, 4) is 5.75 Å².